The Kier molecular flexibility index (Phi) is 2.94. The van der Waals surface area contributed by atoms with Gasteiger partial charge in [0.05, 0.1) is 0 Å². The summed E-state index contributed by atoms with van der Waals surface area (Å²) in [6.45, 7) is -0.0349. The number of hydrogen-bond donors (Lipinski definition) is 0. The molecule has 0 bridgehead atoms. The number of rotatable bonds is 4. The molecule has 2 nitrogen and oxygen atoms in total. The lowest BCUT2D eigenvalue weighted by Gasteiger charge is -2.01. The zero-order valence-corrected chi connectivity index (χ0v) is 8.12. The van der Waals surface area contributed by atoms with Crippen LogP contribution in [0.2, 0.25) is 0 Å². The lowest BCUT2D eigenvalue weighted by atomic mass is 10.2. The van der Waals surface area contributed by atoms with Crippen LogP contribution in [-0.2, 0) is 11.4 Å². The molecule has 4 heteroatoms. The summed E-state index contributed by atoms with van der Waals surface area (Å²) in [7, 11) is 0. The van der Waals surface area contributed by atoms with Crippen LogP contribution in [0.4, 0.5) is 8.78 Å². The Morgan fingerprint density at radius 3 is 2.93 bits per heavy atom. The summed E-state index contributed by atoms with van der Waals surface area (Å²) >= 11 is 0. The Balaban J connectivity index is 1.88. The molecule has 0 N–H and O–H groups in total. The maximum absolute atomic E-state index is 13.1. The van der Waals surface area contributed by atoms with Gasteiger partial charge in [0, 0.05) is 11.8 Å². The molecular weight excluding hydrogens is 200 g/mol. The molecule has 1 fully saturated rings. The molecule has 0 aromatic heterocycles. The lowest BCUT2D eigenvalue weighted by molar-refractivity contribution is 0.128. The Hall–Kier alpha value is -1.45. The van der Waals surface area contributed by atoms with Crippen molar-refractivity contribution in [1.82, 2.24) is 0 Å². The fourth-order valence-corrected chi connectivity index (χ4v) is 1.14. The van der Waals surface area contributed by atoms with Crippen molar-refractivity contribution in [3.63, 3.8) is 0 Å². The number of nitrogens with zero attached hydrogens (tertiary/aromatic N) is 1. The van der Waals surface area contributed by atoms with Crippen LogP contribution in [0.15, 0.2) is 23.4 Å². The van der Waals surface area contributed by atoms with Gasteiger partial charge in [-0.25, -0.2) is 8.78 Å². The number of halogens is 2. The molecular formula is C11H11F2NO. The van der Waals surface area contributed by atoms with Crippen LogP contribution in [0.25, 0.3) is 0 Å². The molecule has 0 amide bonds. The Morgan fingerprint density at radius 2 is 2.20 bits per heavy atom. The van der Waals surface area contributed by atoms with Gasteiger partial charge < -0.3 is 4.84 Å². The van der Waals surface area contributed by atoms with Crippen molar-refractivity contribution >= 4 is 6.21 Å². The molecule has 0 heterocycles. The van der Waals surface area contributed by atoms with Gasteiger partial charge in [0.25, 0.3) is 0 Å². The molecule has 1 aromatic rings. The molecule has 0 aliphatic heterocycles. The molecule has 0 saturated heterocycles. The monoisotopic (exact) mass is 211 g/mol. The summed E-state index contributed by atoms with van der Waals surface area (Å²) in [4.78, 5) is 4.87. The maximum Gasteiger partial charge on any atom is 0.145 e. The molecule has 15 heavy (non-hydrogen) atoms. The highest BCUT2D eigenvalue weighted by Gasteiger charge is 2.18. The minimum atomic E-state index is -0.474. The third-order valence-electron chi connectivity index (χ3n) is 2.20. The fraction of sp³-hybridized carbons (Fsp3) is 0.364. The minimum Gasteiger partial charge on any atom is -0.391 e. The van der Waals surface area contributed by atoms with E-state index in [2.05, 4.69) is 5.16 Å². The van der Waals surface area contributed by atoms with E-state index in [-0.39, 0.29) is 12.2 Å². The largest absolute Gasteiger partial charge is 0.391 e. The van der Waals surface area contributed by atoms with E-state index in [1.54, 1.807) is 6.21 Å². The first-order chi connectivity index (χ1) is 7.25. The minimum absolute atomic E-state index is 0.0349. The predicted octanol–water partition coefficient (Wildman–Crippen LogP) is 2.88. The highest BCUT2D eigenvalue weighted by atomic mass is 19.1. The van der Waals surface area contributed by atoms with Crippen LogP contribution >= 0.6 is 0 Å². The van der Waals surface area contributed by atoms with E-state index in [1.807, 2.05) is 0 Å². The smallest absolute Gasteiger partial charge is 0.145 e. The van der Waals surface area contributed by atoms with Gasteiger partial charge in [-0.15, -0.1) is 0 Å². The third kappa shape index (κ3) is 3.01. The van der Waals surface area contributed by atoms with Gasteiger partial charge in [0.2, 0.25) is 0 Å². The van der Waals surface area contributed by atoms with Gasteiger partial charge in [0.1, 0.15) is 18.2 Å². The summed E-state index contributed by atoms with van der Waals surface area (Å²) in [5.41, 5.74) is 0.183. The van der Waals surface area contributed by atoms with Crippen molar-refractivity contribution in [1.29, 1.82) is 0 Å². The van der Waals surface area contributed by atoms with Crippen LogP contribution < -0.4 is 0 Å². The third-order valence-corrected chi connectivity index (χ3v) is 2.20. The van der Waals surface area contributed by atoms with E-state index in [0.717, 1.165) is 31.0 Å². The predicted molar refractivity (Wildman–Crippen MR) is 52.4 cm³/mol. The summed E-state index contributed by atoms with van der Waals surface area (Å²) in [6, 6.07) is 3.27. The SMILES string of the molecule is Fc1ccc(F)c(CON=CC2CC2)c1. The van der Waals surface area contributed by atoms with E-state index in [0.29, 0.717) is 5.92 Å². The Morgan fingerprint density at radius 1 is 1.40 bits per heavy atom. The first-order valence-corrected chi connectivity index (χ1v) is 4.85. The van der Waals surface area contributed by atoms with Crippen LogP contribution in [0.3, 0.4) is 0 Å². The van der Waals surface area contributed by atoms with Crippen LogP contribution in [0.5, 0.6) is 0 Å². The summed E-state index contributed by atoms with van der Waals surface area (Å²) in [5, 5.41) is 3.69. The molecule has 1 aromatic carbocycles. The molecule has 0 spiro atoms. The molecule has 1 aliphatic rings. The van der Waals surface area contributed by atoms with E-state index in [1.165, 1.54) is 0 Å². The fourth-order valence-electron chi connectivity index (χ4n) is 1.14. The molecule has 0 atom stereocenters. The number of oxime groups is 1. The maximum atomic E-state index is 13.1. The van der Waals surface area contributed by atoms with Gasteiger partial charge in [-0.05, 0) is 37.0 Å². The second kappa shape index (κ2) is 4.38. The molecule has 0 radical (unpaired) electrons. The number of benzene rings is 1. The quantitative estimate of drug-likeness (QED) is 0.554. The van der Waals surface area contributed by atoms with Crippen molar-refractivity contribution < 1.29 is 13.6 Å². The second-order valence-corrected chi connectivity index (χ2v) is 3.60. The highest BCUT2D eigenvalue weighted by molar-refractivity contribution is 5.62. The molecule has 80 valence electrons. The Bertz CT molecular complexity index is 375. The van der Waals surface area contributed by atoms with Crippen LogP contribution in [-0.4, -0.2) is 6.21 Å². The van der Waals surface area contributed by atoms with Crippen LogP contribution in [0, 0.1) is 17.6 Å². The summed E-state index contributed by atoms with van der Waals surface area (Å²) < 4.78 is 25.8. The van der Waals surface area contributed by atoms with Gasteiger partial charge in [-0.2, -0.15) is 0 Å². The van der Waals surface area contributed by atoms with Crippen molar-refractivity contribution in [2.24, 2.45) is 11.1 Å². The second-order valence-electron chi connectivity index (χ2n) is 3.60. The molecule has 1 aliphatic carbocycles. The standard InChI is InChI=1S/C11H11F2NO/c12-10-3-4-11(13)9(5-10)7-15-14-6-8-1-2-8/h3-6,8H,1-2,7H2. The lowest BCUT2D eigenvalue weighted by Crippen LogP contribution is -1.93. The van der Waals surface area contributed by atoms with Crippen molar-refractivity contribution in [3.8, 4) is 0 Å². The van der Waals surface area contributed by atoms with Crippen molar-refractivity contribution in [2.45, 2.75) is 19.4 Å². The molecule has 0 unspecified atom stereocenters. The van der Waals surface area contributed by atoms with E-state index in [9.17, 15) is 8.78 Å². The summed E-state index contributed by atoms with van der Waals surface area (Å²) in [5.74, 6) is -0.429. The molecule has 1 saturated carbocycles. The van der Waals surface area contributed by atoms with Gasteiger partial charge in [0.15, 0.2) is 0 Å². The van der Waals surface area contributed by atoms with E-state index < -0.39 is 11.6 Å². The average molecular weight is 211 g/mol. The van der Waals surface area contributed by atoms with Gasteiger partial charge >= 0.3 is 0 Å². The van der Waals surface area contributed by atoms with Crippen LogP contribution in [0.1, 0.15) is 18.4 Å². The average Bonchev–Trinajstić information content (AvgIpc) is 3.01. The highest BCUT2D eigenvalue weighted by Crippen LogP contribution is 2.26. The zero-order valence-electron chi connectivity index (χ0n) is 8.12. The van der Waals surface area contributed by atoms with Crippen molar-refractivity contribution in [2.75, 3.05) is 0 Å². The zero-order chi connectivity index (χ0) is 10.7. The topological polar surface area (TPSA) is 21.6 Å². The van der Waals surface area contributed by atoms with E-state index >= 15 is 0 Å². The first-order valence-electron chi connectivity index (χ1n) is 4.85. The van der Waals surface area contributed by atoms with E-state index in [4.69, 9.17) is 4.84 Å². The number of hydrogen-bond acceptors (Lipinski definition) is 2. The Labute approximate surface area is 86.5 Å². The van der Waals surface area contributed by atoms with Gasteiger partial charge in [-0.3, -0.25) is 0 Å². The normalized spacial score (nSPS) is 15.9. The van der Waals surface area contributed by atoms with Crippen molar-refractivity contribution in [3.05, 3.63) is 35.4 Å². The van der Waals surface area contributed by atoms with Gasteiger partial charge in [-0.1, -0.05) is 5.16 Å². The molecule has 2 rings (SSSR count). The summed E-state index contributed by atoms with van der Waals surface area (Å²) in [6.07, 6.45) is 3.99. The first kappa shape index (κ1) is 10.1.